The average molecular weight is 283 g/mol. The zero-order valence-corrected chi connectivity index (χ0v) is 12.5. The van der Waals surface area contributed by atoms with Crippen molar-refractivity contribution in [2.75, 3.05) is 5.32 Å². The molecule has 1 aromatic heterocycles. The molecule has 1 heterocycles. The van der Waals surface area contributed by atoms with E-state index in [0.29, 0.717) is 11.7 Å². The second-order valence-electron chi connectivity index (χ2n) is 6.06. The fourth-order valence-electron chi connectivity index (χ4n) is 2.85. The summed E-state index contributed by atoms with van der Waals surface area (Å²) < 4.78 is 0. The van der Waals surface area contributed by atoms with Gasteiger partial charge in [0.1, 0.15) is 0 Å². The molecule has 0 aliphatic heterocycles. The number of aryl methyl sites for hydroxylation is 1. The predicted octanol–water partition coefficient (Wildman–Crippen LogP) is 3.28. The molecule has 4 nitrogen and oxygen atoms in total. The highest BCUT2D eigenvalue weighted by Gasteiger charge is 2.24. The van der Waals surface area contributed by atoms with Crippen LogP contribution in [0.3, 0.4) is 0 Å². The summed E-state index contributed by atoms with van der Waals surface area (Å²) in [6.45, 7) is 4.19. The van der Waals surface area contributed by atoms with E-state index in [4.69, 9.17) is 0 Å². The minimum Gasteiger partial charge on any atom is -0.309 e. The van der Waals surface area contributed by atoms with Crippen LogP contribution in [0, 0.1) is 5.92 Å². The number of H-pyrrole nitrogens is 1. The van der Waals surface area contributed by atoms with Gasteiger partial charge in [-0.15, -0.1) is 0 Å². The number of rotatable bonds is 3. The van der Waals surface area contributed by atoms with E-state index in [1.807, 2.05) is 12.1 Å². The van der Waals surface area contributed by atoms with Crippen molar-refractivity contribution in [1.82, 2.24) is 10.2 Å². The van der Waals surface area contributed by atoms with E-state index in [-0.39, 0.29) is 11.8 Å². The molecule has 110 valence electrons. The fraction of sp³-hybridized carbons (Fsp3) is 0.412. The van der Waals surface area contributed by atoms with Crippen molar-refractivity contribution in [2.24, 2.45) is 5.92 Å². The van der Waals surface area contributed by atoms with E-state index in [1.54, 1.807) is 0 Å². The molecule has 2 N–H and O–H groups in total. The first-order chi connectivity index (χ1) is 10.1. The van der Waals surface area contributed by atoms with Crippen molar-refractivity contribution < 1.29 is 4.79 Å². The molecule has 0 fully saturated rings. The normalized spacial score (nSPS) is 17.6. The minimum atomic E-state index is 0.0408. The van der Waals surface area contributed by atoms with Crippen LogP contribution < -0.4 is 5.32 Å². The Kier molecular flexibility index (Phi) is 3.78. The Balaban J connectivity index is 1.66. The van der Waals surface area contributed by atoms with Crippen LogP contribution in [0.15, 0.2) is 30.3 Å². The van der Waals surface area contributed by atoms with Crippen LogP contribution in [0.2, 0.25) is 0 Å². The molecule has 1 atom stereocenters. The van der Waals surface area contributed by atoms with Gasteiger partial charge in [-0.2, -0.15) is 5.10 Å². The van der Waals surface area contributed by atoms with Crippen LogP contribution in [-0.4, -0.2) is 16.1 Å². The van der Waals surface area contributed by atoms with Crippen molar-refractivity contribution in [2.45, 2.75) is 39.0 Å². The first-order valence-electron chi connectivity index (χ1n) is 7.56. The van der Waals surface area contributed by atoms with Gasteiger partial charge in [-0.25, -0.2) is 0 Å². The number of nitrogens with one attached hydrogen (secondary N) is 2. The number of anilines is 1. The highest BCUT2D eigenvalue weighted by Crippen LogP contribution is 2.26. The predicted molar refractivity (Wildman–Crippen MR) is 83.3 cm³/mol. The summed E-state index contributed by atoms with van der Waals surface area (Å²) in [5.41, 5.74) is 3.72. The topological polar surface area (TPSA) is 57.8 Å². The number of carbonyl (C=O) groups excluding carboxylic acids is 1. The molecular formula is C17H21N3O. The van der Waals surface area contributed by atoms with E-state index in [2.05, 4.69) is 47.6 Å². The Morgan fingerprint density at radius 2 is 2.10 bits per heavy atom. The monoisotopic (exact) mass is 283 g/mol. The zero-order valence-electron chi connectivity index (χ0n) is 12.5. The summed E-state index contributed by atoms with van der Waals surface area (Å²) in [6, 6.07) is 10.3. The maximum atomic E-state index is 12.4. The van der Waals surface area contributed by atoms with Crippen LogP contribution in [0.4, 0.5) is 5.82 Å². The standard InChI is InChI=1S/C17H21N3O/c1-11(2)15-10-16(20-19-15)18-17(21)14-8-7-12-5-3-4-6-13(12)9-14/h3-6,10-11,14H,7-9H2,1-2H3,(H2,18,19,20,21). The van der Waals surface area contributed by atoms with E-state index in [9.17, 15) is 4.79 Å². The summed E-state index contributed by atoms with van der Waals surface area (Å²) in [6.07, 6.45) is 2.71. The minimum absolute atomic E-state index is 0.0408. The lowest BCUT2D eigenvalue weighted by molar-refractivity contribution is -0.120. The number of aromatic amines is 1. The van der Waals surface area contributed by atoms with Gasteiger partial charge < -0.3 is 5.32 Å². The zero-order chi connectivity index (χ0) is 14.8. The molecule has 2 aromatic rings. The number of nitrogens with zero attached hydrogens (tertiary/aromatic N) is 1. The third kappa shape index (κ3) is 2.99. The first kappa shape index (κ1) is 13.9. The lowest BCUT2D eigenvalue weighted by atomic mass is 9.83. The third-order valence-corrected chi connectivity index (χ3v) is 4.19. The smallest absolute Gasteiger partial charge is 0.229 e. The number of fused-ring (bicyclic) bond motifs is 1. The molecule has 0 saturated heterocycles. The van der Waals surface area contributed by atoms with Gasteiger partial charge >= 0.3 is 0 Å². The average Bonchev–Trinajstić information content (AvgIpc) is 2.95. The van der Waals surface area contributed by atoms with Crippen LogP contribution in [0.1, 0.15) is 43.0 Å². The van der Waals surface area contributed by atoms with Crippen molar-refractivity contribution >= 4 is 11.7 Å². The summed E-state index contributed by atoms with van der Waals surface area (Å²) in [7, 11) is 0. The van der Waals surface area contributed by atoms with Crippen molar-refractivity contribution in [3.8, 4) is 0 Å². The Morgan fingerprint density at radius 3 is 2.81 bits per heavy atom. The Labute approximate surface area is 125 Å². The fourth-order valence-corrected chi connectivity index (χ4v) is 2.85. The second-order valence-corrected chi connectivity index (χ2v) is 6.06. The van der Waals surface area contributed by atoms with E-state index in [0.717, 1.165) is 25.0 Å². The molecule has 1 aliphatic rings. The Hall–Kier alpha value is -2.10. The molecule has 21 heavy (non-hydrogen) atoms. The van der Waals surface area contributed by atoms with Gasteiger partial charge in [-0.3, -0.25) is 9.89 Å². The van der Waals surface area contributed by atoms with Gasteiger partial charge in [-0.1, -0.05) is 38.1 Å². The largest absolute Gasteiger partial charge is 0.309 e. The maximum absolute atomic E-state index is 12.4. The molecule has 1 amide bonds. The second kappa shape index (κ2) is 5.72. The summed E-state index contributed by atoms with van der Waals surface area (Å²) in [5, 5.41) is 10.1. The van der Waals surface area contributed by atoms with Gasteiger partial charge in [-0.05, 0) is 36.3 Å². The molecular weight excluding hydrogens is 262 g/mol. The number of hydrogen-bond donors (Lipinski definition) is 2. The molecule has 1 aromatic carbocycles. The van der Waals surface area contributed by atoms with Gasteiger partial charge in [0.05, 0.1) is 0 Å². The quantitative estimate of drug-likeness (QED) is 0.908. The van der Waals surface area contributed by atoms with Crippen LogP contribution >= 0.6 is 0 Å². The first-order valence-corrected chi connectivity index (χ1v) is 7.56. The number of amides is 1. The Bertz CT molecular complexity index is 645. The van der Waals surface area contributed by atoms with Crippen molar-refractivity contribution in [3.63, 3.8) is 0 Å². The van der Waals surface area contributed by atoms with Gasteiger partial charge in [0, 0.05) is 17.7 Å². The van der Waals surface area contributed by atoms with Gasteiger partial charge in [0.2, 0.25) is 5.91 Å². The molecule has 3 rings (SSSR count). The van der Waals surface area contributed by atoms with E-state index < -0.39 is 0 Å². The third-order valence-electron chi connectivity index (χ3n) is 4.19. The number of aromatic nitrogens is 2. The number of benzene rings is 1. The number of carbonyl (C=O) groups is 1. The highest BCUT2D eigenvalue weighted by atomic mass is 16.1. The van der Waals surface area contributed by atoms with E-state index in [1.165, 1.54) is 11.1 Å². The number of hydrogen-bond acceptors (Lipinski definition) is 2. The molecule has 1 aliphatic carbocycles. The molecule has 0 saturated carbocycles. The molecule has 0 radical (unpaired) electrons. The summed E-state index contributed by atoms with van der Waals surface area (Å²) in [4.78, 5) is 12.4. The van der Waals surface area contributed by atoms with Crippen LogP contribution in [0.5, 0.6) is 0 Å². The SMILES string of the molecule is CC(C)c1cc(NC(=O)C2CCc3ccccc3C2)n[nH]1. The highest BCUT2D eigenvalue weighted by molar-refractivity contribution is 5.92. The van der Waals surface area contributed by atoms with E-state index >= 15 is 0 Å². The van der Waals surface area contributed by atoms with Crippen molar-refractivity contribution in [3.05, 3.63) is 47.2 Å². The Morgan fingerprint density at radius 1 is 1.33 bits per heavy atom. The summed E-state index contributed by atoms with van der Waals surface area (Å²) in [5.74, 6) is 1.12. The summed E-state index contributed by atoms with van der Waals surface area (Å²) >= 11 is 0. The van der Waals surface area contributed by atoms with Crippen LogP contribution in [0.25, 0.3) is 0 Å². The molecule has 1 unspecified atom stereocenters. The van der Waals surface area contributed by atoms with Crippen molar-refractivity contribution in [1.29, 1.82) is 0 Å². The molecule has 0 spiro atoms. The van der Waals surface area contributed by atoms with Crippen LogP contribution in [-0.2, 0) is 17.6 Å². The molecule has 4 heteroatoms. The lowest BCUT2D eigenvalue weighted by Gasteiger charge is -2.23. The maximum Gasteiger partial charge on any atom is 0.229 e. The van der Waals surface area contributed by atoms with Gasteiger partial charge in [0.15, 0.2) is 5.82 Å². The molecule has 0 bridgehead atoms. The van der Waals surface area contributed by atoms with Gasteiger partial charge in [0.25, 0.3) is 0 Å². The lowest BCUT2D eigenvalue weighted by Crippen LogP contribution is -2.28.